The molecule has 0 bridgehead atoms. The zero-order valence-electron chi connectivity index (χ0n) is 21.6. The summed E-state index contributed by atoms with van der Waals surface area (Å²) in [6.45, 7) is 16.1. The highest BCUT2D eigenvalue weighted by Gasteiger charge is 2.11. The Bertz CT molecular complexity index is 1030. The minimum Gasteiger partial charge on any atom is -0.457 e. The molecular formula is C31H40FNO2. The van der Waals surface area contributed by atoms with Crippen LogP contribution in [0.3, 0.4) is 0 Å². The van der Waals surface area contributed by atoms with Gasteiger partial charge >= 0.3 is 0 Å². The maximum absolute atomic E-state index is 13.6. The molecule has 188 valence electrons. The normalized spacial score (nSPS) is 13.8. The minimum atomic E-state index is -0.776. The number of ether oxygens (including phenoxy) is 1. The third-order valence-corrected chi connectivity index (χ3v) is 5.38. The first-order valence-electron chi connectivity index (χ1n) is 12.0. The fourth-order valence-corrected chi connectivity index (χ4v) is 3.32. The molecule has 0 aliphatic rings. The van der Waals surface area contributed by atoms with Gasteiger partial charge in [-0.2, -0.15) is 0 Å². The Morgan fingerprint density at radius 2 is 1.97 bits per heavy atom. The number of aliphatic hydroxyl groups excluding tert-OH is 1. The molecule has 0 saturated heterocycles. The van der Waals surface area contributed by atoms with Crippen LogP contribution < -0.4 is 10.5 Å². The van der Waals surface area contributed by atoms with Crippen LogP contribution in [0.1, 0.15) is 64.5 Å². The molecule has 1 aromatic rings. The van der Waals surface area contributed by atoms with Gasteiger partial charge in [-0.1, -0.05) is 55.4 Å². The van der Waals surface area contributed by atoms with Crippen molar-refractivity contribution < 1.29 is 14.2 Å². The predicted octanol–water partition coefficient (Wildman–Crippen LogP) is 7.21. The Morgan fingerprint density at radius 3 is 2.54 bits per heavy atom. The average Bonchev–Trinajstić information content (AvgIpc) is 2.83. The van der Waals surface area contributed by atoms with Crippen molar-refractivity contribution in [3.63, 3.8) is 0 Å². The Hall–Kier alpha value is -3.13. The molecule has 4 heteroatoms. The molecule has 3 N–H and O–H groups in total. The van der Waals surface area contributed by atoms with Gasteiger partial charge in [-0.05, 0) is 88.0 Å². The van der Waals surface area contributed by atoms with Crippen LogP contribution in [0.2, 0.25) is 0 Å². The molecule has 3 nitrogen and oxygen atoms in total. The number of rotatable bonds is 14. The van der Waals surface area contributed by atoms with E-state index in [2.05, 4.69) is 19.1 Å². The molecule has 0 spiro atoms. The molecule has 2 atom stereocenters. The van der Waals surface area contributed by atoms with Crippen molar-refractivity contribution in [1.29, 1.82) is 0 Å². The van der Waals surface area contributed by atoms with Crippen molar-refractivity contribution in [2.75, 3.05) is 6.54 Å². The lowest BCUT2D eigenvalue weighted by Crippen LogP contribution is -2.21. The lowest BCUT2D eigenvalue weighted by atomic mass is 10.0. The highest BCUT2D eigenvalue weighted by Crippen LogP contribution is 2.30. The second kappa shape index (κ2) is 15.7. The first-order chi connectivity index (χ1) is 16.6. The van der Waals surface area contributed by atoms with Gasteiger partial charge in [0.25, 0.3) is 0 Å². The molecule has 0 aliphatic carbocycles. The first-order valence-corrected chi connectivity index (χ1v) is 12.0. The second-order valence-electron chi connectivity index (χ2n) is 8.68. The van der Waals surface area contributed by atoms with Crippen LogP contribution >= 0.6 is 0 Å². The highest BCUT2D eigenvalue weighted by molar-refractivity contribution is 5.77. The summed E-state index contributed by atoms with van der Waals surface area (Å²) < 4.78 is 19.9. The van der Waals surface area contributed by atoms with Gasteiger partial charge in [-0.15, -0.1) is 6.42 Å². The fraction of sp³-hybridized carbons (Fsp3) is 0.355. The summed E-state index contributed by atoms with van der Waals surface area (Å²) in [6, 6.07) is 5.49. The first kappa shape index (κ1) is 29.9. The standard InChI is InChI=1S/C31H40FNO2/c1-8-25-15-17-29(24(7)14-16-26(9-2)30(34)21-33)31(20-25)35-28(18-22(4)5)19-23(6)12-11-13-27(32)10-3/h1,9,14-20,27,30,34H,6-7,10-13,21,33H2,2-5H3/b16-14-,26-9+,28-19+. The Morgan fingerprint density at radius 1 is 1.26 bits per heavy atom. The van der Waals surface area contributed by atoms with E-state index in [9.17, 15) is 9.50 Å². The van der Waals surface area contributed by atoms with Crippen LogP contribution in [0.4, 0.5) is 4.39 Å². The van der Waals surface area contributed by atoms with E-state index in [1.807, 2.05) is 64.1 Å². The van der Waals surface area contributed by atoms with Crippen LogP contribution in [0.15, 0.2) is 84.2 Å². The Labute approximate surface area is 211 Å². The summed E-state index contributed by atoms with van der Waals surface area (Å²) >= 11 is 0. The van der Waals surface area contributed by atoms with E-state index in [0.29, 0.717) is 47.5 Å². The molecule has 1 aromatic carbocycles. The molecule has 0 heterocycles. The van der Waals surface area contributed by atoms with E-state index in [-0.39, 0.29) is 6.54 Å². The molecule has 0 fully saturated rings. The molecule has 0 aromatic heterocycles. The Kier molecular flexibility index (Phi) is 13.4. The SMILES string of the molecule is C#Cc1ccc(C(=C)/C=C\C(=C/C)C(O)CN)c(O/C(C=C(C)C)=C/C(=C)CCCC(F)CC)c1. The topological polar surface area (TPSA) is 55.5 Å². The van der Waals surface area contributed by atoms with E-state index in [1.54, 1.807) is 12.1 Å². The number of aliphatic hydroxyl groups is 1. The quantitative estimate of drug-likeness (QED) is 0.169. The highest BCUT2D eigenvalue weighted by atomic mass is 19.1. The van der Waals surface area contributed by atoms with Crippen molar-refractivity contribution >= 4 is 5.57 Å². The summed E-state index contributed by atoms with van der Waals surface area (Å²) in [5, 5.41) is 10.1. The monoisotopic (exact) mass is 477 g/mol. The number of allylic oxidation sites excluding steroid dienone is 7. The van der Waals surface area contributed by atoms with E-state index >= 15 is 0 Å². The van der Waals surface area contributed by atoms with Gasteiger partial charge in [0.1, 0.15) is 11.5 Å². The van der Waals surface area contributed by atoms with Gasteiger partial charge in [0.2, 0.25) is 0 Å². The number of terminal acetylenes is 1. The number of alkyl halides is 1. The lowest BCUT2D eigenvalue weighted by molar-refractivity contribution is 0.222. The lowest BCUT2D eigenvalue weighted by Gasteiger charge is -2.15. The molecule has 0 amide bonds. The average molecular weight is 478 g/mol. The second-order valence-corrected chi connectivity index (χ2v) is 8.68. The van der Waals surface area contributed by atoms with Crippen molar-refractivity contribution in [1.82, 2.24) is 0 Å². The van der Waals surface area contributed by atoms with E-state index in [0.717, 1.165) is 23.1 Å². The summed E-state index contributed by atoms with van der Waals surface area (Å²) in [7, 11) is 0. The van der Waals surface area contributed by atoms with Crippen molar-refractivity contribution in [2.45, 2.75) is 65.7 Å². The molecule has 0 aliphatic heterocycles. The largest absolute Gasteiger partial charge is 0.457 e. The third kappa shape index (κ3) is 10.8. The number of nitrogens with two attached hydrogens (primary N) is 1. The van der Waals surface area contributed by atoms with Gasteiger partial charge < -0.3 is 15.6 Å². The molecule has 35 heavy (non-hydrogen) atoms. The van der Waals surface area contributed by atoms with Crippen molar-refractivity contribution in [3.05, 3.63) is 95.3 Å². The summed E-state index contributed by atoms with van der Waals surface area (Å²) in [6.07, 6.45) is 15.8. The van der Waals surface area contributed by atoms with Crippen LogP contribution in [-0.4, -0.2) is 23.9 Å². The number of hydrogen-bond acceptors (Lipinski definition) is 3. The van der Waals surface area contributed by atoms with Gasteiger partial charge in [0.15, 0.2) is 0 Å². The molecular weight excluding hydrogens is 437 g/mol. The van der Waals surface area contributed by atoms with E-state index < -0.39 is 12.3 Å². The van der Waals surface area contributed by atoms with Crippen LogP contribution in [0, 0.1) is 12.3 Å². The van der Waals surface area contributed by atoms with Gasteiger partial charge in [0.05, 0.1) is 12.3 Å². The third-order valence-electron chi connectivity index (χ3n) is 5.38. The van der Waals surface area contributed by atoms with Crippen LogP contribution in [0.5, 0.6) is 5.75 Å². The maximum Gasteiger partial charge on any atom is 0.136 e. The predicted molar refractivity (Wildman–Crippen MR) is 148 cm³/mol. The zero-order valence-corrected chi connectivity index (χ0v) is 21.6. The Balaban J connectivity index is 3.26. The molecule has 0 radical (unpaired) electrons. The summed E-state index contributed by atoms with van der Waals surface area (Å²) in [4.78, 5) is 0. The minimum absolute atomic E-state index is 0.132. The van der Waals surface area contributed by atoms with E-state index in [1.165, 1.54) is 0 Å². The fourth-order valence-electron chi connectivity index (χ4n) is 3.32. The summed E-state index contributed by atoms with van der Waals surface area (Å²) in [5.41, 5.74) is 10.3. The molecule has 1 rings (SSSR count). The summed E-state index contributed by atoms with van der Waals surface area (Å²) in [5.74, 6) is 3.81. The number of halogens is 1. The van der Waals surface area contributed by atoms with Crippen LogP contribution in [0.25, 0.3) is 5.57 Å². The molecule has 0 saturated carbocycles. The smallest absolute Gasteiger partial charge is 0.136 e. The van der Waals surface area contributed by atoms with Crippen molar-refractivity contribution in [3.8, 4) is 18.1 Å². The maximum atomic E-state index is 13.6. The van der Waals surface area contributed by atoms with E-state index in [4.69, 9.17) is 16.9 Å². The van der Waals surface area contributed by atoms with Crippen LogP contribution in [-0.2, 0) is 0 Å². The van der Waals surface area contributed by atoms with Crippen molar-refractivity contribution in [2.24, 2.45) is 5.73 Å². The number of hydrogen-bond donors (Lipinski definition) is 2. The van der Waals surface area contributed by atoms with Gasteiger partial charge in [-0.3, -0.25) is 0 Å². The molecule has 2 unspecified atom stereocenters. The zero-order chi connectivity index (χ0) is 26.4. The number of benzene rings is 1. The van der Waals surface area contributed by atoms with Gasteiger partial charge in [0, 0.05) is 17.7 Å². The van der Waals surface area contributed by atoms with Gasteiger partial charge in [-0.25, -0.2) is 4.39 Å².